The predicted molar refractivity (Wildman–Crippen MR) is 160 cm³/mol. The maximum Gasteiger partial charge on any atom is 0.317 e. The van der Waals surface area contributed by atoms with Gasteiger partial charge in [0.15, 0.2) is 5.00 Å². The summed E-state index contributed by atoms with van der Waals surface area (Å²) in [6, 6.07) is 10.2. The molecule has 2 rings (SSSR count). The Kier molecular flexibility index (Phi) is 16.3. The van der Waals surface area contributed by atoms with Gasteiger partial charge >= 0.3 is 5.97 Å². The molecule has 0 saturated carbocycles. The number of hydrogen-bond acceptors (Lipinski definition) is 12. The molecule has 42 heavy (non-hydrogen) atoms. The van der Waals surface area contributed by atoms with Crippen molar-refractivity contribution < 1.29 is 28.8 Å². The van der Waals surface area contributed by atoms with Crippen molar-refractivity contribution in [2.75, 3.05) is 91.0 Å². The van der Waals surface area contributed by atoms with Crippen LogP contribution in [0.3, 0.4) is 0 Å². The molecule has 1 heterocycles. The first-order valence-corrected chi connectivity index (χ1v) is 14.5. The topological polar surface area (TPSA) is 153 Å². The van der Waals surface area contributed by atoms with E-state index in [1.165, 1.54) is 11.3 Å². The Morgan fingerprint density at radius 3 is 2.05 bits per heavy atom. The summed E-state index contributed by atoms with van der Waals surface area (Å²) in [6.45, 7) is 11.7. The standard InChI is InChI=1S/C29H40N6O6S/c1-5-35(9-11-39-13-15-41-17-16-40-14-12-38-10-8-34(4)21-28(36)37)24-6-7-26(22(2)18-24)32-33-29-25(19-30)23(3)27(20-31)42-29/h6-7,18H,5,8-17,21H2,1-4H3,(H,36,37)/b33-32+. The van der Waals surface area contributed by atoms with Gasteiger partial charge in [0, 0.05) is 25.3 Å². The number of aliphatic carboxylic acids is 1. The highest BCUT2D eigenvalue weighted by molar-refractivity contribution is 7.16. The van der Waals surface area contributed by atoms with E-state index in [9.17, 15) is 15.3 Å². The molecule has 0 fully saturated rings. The van der Waals surface area contributed by atoms with Gasteiger partial charge in [-0.15, -0.1) is 21.6 Å². The number of carboxylic acid groups (broad SMARTS) is 1. The quantitative estimate of drug-likeness (QED) is 0.161. The van der Waals surface area contributed by atoms with Crippen LogP contribution in [0.1, 0.15) is 28.5 Å². The maximum atomic E-state index is 10.6. The normalized spacial score (nSPS) is 11.2. The molecule has 0 saturated heterocycles. The molecule has 0 unspecified atom stereocenters. The zero-order valence-electron chi connectivity index (χ0n) is 24.8. The van der Waals surface area contributed by atoms with E-state index in [1.54, 1.807) is 18.9 Å². The number of hydrogen-bond donors (Lipinski definition) is 1. The number of aryl methyl sites for hydroxylation is 1. The summed E-state index contributed by atoms with van der Waals surface area (Å²) in [4.78, 5) is 15.0. The lowest BCUT2D eigenvalue weighted by Gasteiger charge is -2.23. The number of thiophene rings is 1. The monoisotopic (exact) mass is 600 g/mol. The summed E-state index contributed by atoms with van der Waals surface area (Å²) in [7, 11) is 1.74. The first kappa shape index (κ1) is 34.8. The number of carboxylic acids is 1. The molecule has 1 aromatic carbocycles. The fourth-order valence-corrected chi connectivity index (χ4v) is 4.67. The minimum atomic E-state index is -0.854. The van der Waals surface area contributed by atoms with E-state index < -0.39 is 5.97 Å². The molecular formula is C29H40N6O6S. The zero-order valence-corrected chi connectivity index (χ0v) is 25.6. The molecule has 228 valence electrons. The molecule has 13 heteroatoms. The van der Waals surface area contributed by atoms with E-state index in [0.29, 0.717) is 86.1 Å². The molecule has 1 N–H and O–H groups in total. The van der Waals surface area contributed by atoms with Gasteiger partial charge < -0.3 is 29.0 Å². The lowest BCUT2D eigenvalue weighted by Crippen LogP contribution is -2.29. The molecule has 0 amide bonds. The first-order valence-electron chi connectivity index (χ1n) is 13.7. The number of anilines is 1. The van der Waals surface area contributed by atoms with Crippen LogP contribution in [0.5, 0.6) is 0 Å². The Hall–Kier alpha value is -3.43. The van der Waals surface area contributed by atoms with Gasteiger partial charge in [-0.25, -0.2) is 0 Å². The van der Waals surface area contributed by atoms with E-state index >= 15 is 0 Å². The van der Waals surface area contributed by atoms with Crippen LogP contribution in [0.2, 0.25) is 0 Å². The number of rotatable bonds is 21. The average Bonchev–Trinajstić information content (AvgIpc) is 3.28. The largest absolute Gasteiger partial charge is 0.480 e. The second kappa shape index (κ2) is 19.6. The van der Waals surface area contributed by atoms with Crippen LogP contribution >= 0.6 is 11.3 Å². The number of likely N-dealkylation sites (N-methyl/N-ethyl adjacent to an activating group) is 2. The summed E-state index contributed by atoms with van der Waals surface area (Å²) in [5, 5.41) is 36.4. The van der Waals surface area contributed by atoms with E-state index in [1.807, 2.05) is 19.1 Å². The van der Waals surface area contributed by atoms with Crippen LogP contribution in [0.15, 0.2) is 28.4 Å². The Labute approximate surface area is 251 Å². The molecule has 1 aromatic heterocycles. The van der Waals surface area contributed by atoms with Crippen molar-refractivity contribution in [2.45, 2.75) is 20.8 Å². The molecule has 0 aliphatic rings. The number of ether oxygens (including phenoxy) is 4. The number of nitriles is 2. The van der Waals surface area contributed by atoms with Crippen molar-refractivity contribution in [2.24, 2.45) is 10.2 Å². The number of carbonyl (C=O) groups is 1. The lowest BCUT2D eigenvalue weighted by molar-refractivity contribution is -0.138. The minimum absolute atomic E-state index is 0.00386. The molecule has 0 atom stereocenters. The van der Waals surface area contributed by atoms with Gasteiger partial charge in [0.2, 0.25) is 0 Å². The van der Waals surface area contributed by atoms with Crippen molar-refractivity contribution in [3.05, 3.63) is 39.8 Å². The molecule has 0 radical (unpaired) electrons. The average molecular weight is 601 g/mol. The first-order chi connectivity index (χ1) is 20.3. The fraction of sp³-hybridized carbons (Fsp3) is 0.552. The fourth-order valence-electron chi connectivity index (χ4n) is 3.79. The predicted octanol–water partition coefficient (Wildman–Crippen LogP) is 4.43. The van der Waals surface area contributed by atoms with Gasteiger partial charge in [0.1, 0.15) is 17.0 Å². The molecule has 0 bridgehead atoms. The molecule has 0 aliphatic heterocycles. The van der Waals surface area contributed by atoms with E-state index in [-0.39, 0.29) is 6.54 Å². The van der Waals surface area contributed by atoms with Crippen LogP contribution < -0.4 is 4.90 Å². The van der Waals surface area contributed by atoms with E-state index in [0.717, 1.165) is 24.3 Å². The van der Waals surface area contributed by atoms with Gasteiger partial charge in [-0.2, -0.15) is 10.5 Å². The highest BCUT2D eigenvalue weighted by atomic mass is 32.1. The Balaban J connectivity index is 1.61. The van der Waals surface area contributed by atoms with Crippen molar-refractivity contribution in [3.8, 4) is 12.1 Å². The smallest absolute Gasteiger partial charge is 0.317 e. The Morgan fingerprint density at radius 2 is 1.52 bits per heavy atom. The third kappa shape index (κ3) is 12.2. The van der Waals surface area contributed by atoms with Gasteiger partial charge in [-0.3, -0.25) is 9.69 Å². The van der Waals surface area contributed by atoms with Crippen LogP contribution in [0.4, 0.5) is 16.4 Å². The molecule has 12 nitrogen and oxygen atoms in total. The summed E-state index contributed by atoms with van der Waals surface area (Å²) in [5.74, 6) is -0.854. The molecule has 0 spiro atoms. The second-order valence-corrected chi connectivity index (χ2v) is 10.3. The van der Waals surface area contributed by atoms with Gasteiger partial charge in [-0.05, 0) is 57.1 Å². The van der Waals surface area contributed by atoms with Crippen molar-refractivity contribution in [3.63, 3.8) is 0 Å². The Morgan fingerprint density at radius 1 is 0.929 bits per heavy atom. The third-order valence-corrected chi connectivity index (χ3v) is 7.24. The van der Waals surface area contributed by atoms with Crippen LogP contribution in [0.25, 0.3) is 0 Å². The van der Waals surface area contributed by atoms with Gasteiger partial charge in [0.05, 0.1) is 70.7 Å². The van der Waals surface area contributed by atoms with Gasteiger partial charge in [0.25, 0.3) is 0 Å². The van der Waals surface area contributed by atoms with Crippen LogP contribution in [-0.2, 0) is 23.7 Å². The van der Waals surface area contributed by atoms with Crippen molar-refractivity contribution >= 4 is 33.7 Å². The van der Waals surface area contributed by atoms with Crippen LogP contribution in [0, 0.1) is 36.5 Å². The molecule has 2 aromatic rings. The number of benzene rings is 1. The second-order valence-electron chi connectivity index (χ2n) is 9.29. The SMILES string of the molecule is CCN(CCOCCOCCOCCOCCN(C)CC(=O)O)c1ccc(/N=N/c2sc(C#N)c(C)c2C#N)c(C)c1. The molecular weight excluding hydrogens is 560 g/mol. The number of azo groups is 1. The highest BCUT2D eigenvalue weighted by Crippen LogP contribution is 2.36. The summed E-state index contributed by atoms with van der Waals surface area (Å²) >= 11 is 1.17. The number of nitrogens with zero attached hydrogens (tertiary/aromatic N) is 6. The highest BCUT2D eigenvalue weighted by Gasteiger charge is 2.15. The van der Waals surface area contributed by atoms with Crippen molar-refractivity contribution in [1.82, 2.24) is 4.90 Å². The Bertz CT molecular complexity index is 1240. The minimum Gasteiger partial charge on any atom is -0.480 e. The summed E-state index contributed by atoms with van der Waals surface area (Å²) in [6.07, 6.45) is 0. The lowest BCUT2D eigenvalue weighted by atomic mass is 10.1. The summed E-state index contributed by atoms with van der Waals surface area (Å²) < 4.78 is 22.2. The third-order valence-electron chi connectivity index (χ3n) is 6.16. The van der Waals surface area contributed by atoms with Crippen LogP contribution in [-0.4, -0.2) is 102 Å². The van der Waals surface area contributed by atoms with E-state index in [4.69, 9.17) is 24.1 Å². The van der Waals surface area contributed by atoms with E-state index in [2.05, 4.69) is 40.3 Å². The maximum absolute atomic E-state index is 10.6. The van der Waals surface area contributed by atoms with Crippen molar-refractivity contribution in [1.29, 1.82) is 10.5 Å². The zero-order chi connectivity index (χ0) is 30.7. The molecule has 0 aliphatic carbocycles. The summed E-state index contributed by atoms with van der Waals surface area (Å²) in [5.41, 5.74) is 3.74. The van der Waals surface area contributed by atoms with Gasteiger partial charge in [-0.1, -0.05) is 0 Å².